The average Bonchev–Trinajstić information content (AvgIpc) is 3.44. The summed E-state index contributed by atoms with van der Waals surface area (Å²) in [5.41, 5.74) is 5.02. The number of amides is 1. The number of anilines is 2. The summed E-state index contributed by atoms with van der Waals surface area (Å²) >= 11 is 0. The Bertz CT molecular complexity index is 1440. The van der Waals surface area contributed by atoms with Crippen molar-refractivity contribution in [2.45, 2.75) is 19.3 Å². The molecular weight excluding hydrogens is 452 g/mol. The Morgan fingerprint density at radius 1 is 1.17 bits per heavy atom. The molecule has 182 valence electrons. The van der Waals surface area contributed by atoms with Crippen LogP contribution in [0, 0.1) is 0 Å². The molecule has 3 heterocycles. The first kappa shape index (κ1) is 22.9. The number of halogens is 2. The van der Waals surface area contributed by atoms with Gasteiger partial charge in [-0.05, 0) is 42.2 Å². The van der Waals surface area contributed by atoms with Crippen LogP contribution in [0.25, 0.3) is 22.0 Å². The minimum Gasteiger partial charge on any atom is -0.494 e. The van der Waals surface area contributed by atoms with Crippen molar-refractivity contribution in [1.82, 2.24) is 19.7 Å². The largest absolute Gasteiger partial charge is 0.494 e. The fourth-order valence-corrected chi connectivity index (χ4v) is 5.03. The minimum absolute atomic E-state index is 0.0255. The van der Waals surface area contributed by atoms with Gasteiger partial charge in [0.15, 0.2) is 0 Å². The number of hydrogen-bond donors (Lipinski definition) is 1. The van der Waals surface area contributed by atoms with Gasteiger partial charge in [-0.3, -0.25) is 9.48 Å². The van der Waals surface area contributed by atoms with Crippen LogP contribution in [0.15, 0.2) is 42.9 Å². The molecule has 1 aliphatic rings. The fraction of sp³-hybridized carbons (Fsp3) is 0.308. The monoisotopic (exact) mass is 479 g/mol. The van der Waals surface area contributed by atoms with Crippen LogP contribution in [-0.2, 0) is 20.5 Å². The van der Waals surface area contributed by atoms with Gasteiger partial charge >= 0.3 is 0 Å². The number of benzene rings is 2. The molecule has 2 aromatic heterocycles. The maximum atomic E-state index is 14.2. The third-order valence-corrected chi connectivity index (χ3v) is 6.65. The number of rotatable bonds is 5. The summed E-state index contributed by atoms with van der Waals surface area (Å²) in [4.78, 5) is 14.6. The van der Waals surface area contributed by atoms with Crippen LogP contribution in [0.4, 0.5) is 20.2 Å². The molecule has 0 fully saturated rings. The van der Waals surface area contributed by atoms with E-state index in [0.717, 1.165) is 40.7 Å². The molecule has 4 aromatic rings. The Balaban J connectivity index is 1.69. The van der Waals surface area contributed by atoms with E-state index in [1.807, 2.05) is 34.7 Å². The van der Waals surface area contributed by atoms with Gasteiger partial charge in [0.2, 0.25) is 0 Å². The molecule has 35 heavy (non-hydrogen) atoms. The van der Waals surface area contributed by atoms with E-state index >= 15 is 0 Å². The van der Waals surface area contributed by atoms with Crippen molar-refractivity contribution in [3.63, 3.8) is 0 Å². The highest BCUT2D eigenvalue weighted by molar-refractivity contribution is 6.09. The summed E-state index contributed by atoms with van der Waals surface area (Å²) in [5, 5.41) is 7.59. The van der Waals surface area contributed by atoms with Crippen LogP contribution < -0.4 is 15.0 Å². The lowest BCUT2D eigenvalue weighted by atomic mass is 9.92. The predicted octanol–water partition coefficient (Wildman–Crippen LogP) is 4.97. The molecule has 0 radical (unpaired) electrons. The van der Waals surface area contributed by atoms with Gasteiger partial charge < -0.3 is 19.5 Å². The first-order valence-electron chi connectivity index (χ1n) is 11.4. The van der Waals surface area contributed by atoms with Crippen molar-refractivity contribution in [3.8, 4) is 16.9 Å². The highest BCUT2D eigenvalue weighted by Crippen LogP contribution is 2.43. The third kappa shape index (κ3) is 3.80. The van der Waals surface area contributed by atoms with Crippen molar-refractivity contribution in [2.24, 2.45) is 14.1 Å². The Labute approximate surface area is 201 Å². The smallest absolute Gasteiger partial charge is 0.264 e. The van der Waals surface area contributed by atoms with Gasteiger partial charge in [0.25, 0.3) is 12.3 Å². The highest BCUT2D eigenvalue weighted by Gasteiger charge is 2.26. The fourth-order valence-electron chi connectivity index (χ4n) is 5.03. The highest BCUT2D eigenvalue weighted by atomic mass is 19.3. The molecule has 0 saturated heterocycles. The minimum atomic E-state index is -2.63. The second-order valence-electron chi connectivity index (χ2n) is 8.80. The maximum absolute atomic E-state index is 14.2. The van der Waals surface area contributed by atoms with Crippen LogP contribution in [0.3, 0.4) is 0 Å². The number of aryl methyl sites for hydroxylation is 3. The number of ether oxygens (including phenoxy) is 1. The van der Waals surface area contributed by atoms with Crippen molar-refractivity contribution in [1.29, 1.82) is 0 Å². The average molecular weight is 480 g/mol. The topological polar surface area (TPSA) is 64.3 Å². The van der Waals surface area contributed by atoms with Gasteiger partial charge in [-0.2, -0.15) is 5.10 Å². The quantitative estimate of drug-likeness (QED) is 0.439. The van der Waals surface area contributed by atoms with Crippen LogP contribution in [0.5, 0.6) is 5.75 Å². The van der Waals surface area contributed by atoms with E-state index in [4.69, 9.17) is 4.74 Å². The van der Waals surface area contributed by atoms with E-state index in [2.05, 4.69) is 10.4 Å². The van der Waals surface area contributed by atoms with Gasteiger partial charge in [0.1, 0.15) is 5.75 Å². The number of carbonyl (C=O) groups is 1. The second-order valence-corrected chi connectivity index (χ2v) is 8.80. The molecule has 7 nitrogen and oxygen atoms in total. The molecule has 0 bridgehead atoms. The Morgan fingerprint density at radius 3 is 2.63 bits per heavy atom. The summed E-state index contributed by atoms with van der Waals surface area (Å²) in [6.07, 6.45) is 4.16. The van der Waals surface area contributed by atoms with Gasteiger partial charge in [-0.15, -0.1) is 0 Å². The van der Waals surface area contributed by atoms with E-state index in [9.17, 15) is 13.6 Å². The molecule has 0 atom stereocenters. The first-order chi connectivity index (χ1) is 16.8. The summed E-state index contributed by atoms with van der Waals surface area (Å²) in [7, 11) is 6.81. The number of aromatic nitrogens is 3. The normalized spacial score (nSPS) is 13.4. The SMILES string of the molecule is CNC(=O)c1cn(C)c2c(OC)cc(N3CCCc4cc(-c5cnn(C)c5)c(C(F)F)cc43)cc12. The zero-order valence-corrected chi connectivity index (χ0v) is 20.1. The van der Waals surface area contributed by atoms with Crippen molar-refractivity contribution in [3.05, 3.63) is 59.5 Å². The number of hydrogen-bond acceptors (Lipinski definition) is 4. The first-order valence-corrected chi connectivity index (χ1v) is 11.4. The Kier molecular flexibility index (Phi) is 5.70. The molecule has 0 aliphatic carbocycles. The summed E-state index contributed by atoms with van der Waals surface area (Å²) in [6, 6.07) is 7.31. The van der Waals surface area contributed by atoms with Crippen molar-refractivity contribution in [2.75, 3.05) is 25.6 Å². The number of alkyl halides is 2. The molecule has 0 saturated carbocycles. The van der Waals surface area contributed by atoms with Crippen molar-refractivity contribution < 1.29 is 18.3 Å². The van der Waals surface area contributed by atoms with Gasteiger partial charge in [0.05, 0.1) is 24.4 Å². The zero-order chi connectivity index (χ0) is 24.9. The number of nitrogens with one attached hydrogen (secondary N) is 1. The molecule has 0 spiro atoms. The van der Waals surface area contributed by atoms with E-state index in [1.165, 1.54) is 0 Å². The van der Waals surface area contributed by atoms with E-state index in [-0.39, 0.29) is 11.5 Å². The number of fused-ring (bicyclic) bond motifs is 2. The molecule has 5 rings (SSSR count). The van der Waals surface area contributed by atoms with Crippen LogP contribution >= 0.6 is 0 Å². The summed E-state index contributed by atoms with van der Waals surface area (Å²) in [6.45, 7) is 0.665. The predicted molar refractivity (Wildman–Crippen MR) is 132 cm³/mol. The lowest BCUT2D eigenvalue weighted by Gasteiger charge is -2.33. The van der Waals surface area contributed by atoms with E-state index < -0.39 is 6.43 Å². The summed E-state index contributed by atoms with van der Waals surface area (Å²) in [5.74, 6) is 0.415. The maximum Gasteiger partial charge on any atom is 0.264 e. The number of carbonyl (C=O) groups excluding carboxylic acids is 1. The number of nitrogens with zero attached hydrogens (tertiary/aromatic N) is 4. The standard InChI is InChI=1S/C26H27F2N5O2/c1-29-26(34)21-14-31(2)24-19(21)9-17(10-23(24)35-4)33-7-5-6-15-8-18(16-12-30-32(3)13-16)20(25(27)28)11-22(15)33/h8-14,25H,5-7H2,1-4H3,(H,29,34). The van der Waals surface area contributed by atoms with Gasteiger partial charge in [0, 0.05) is 74.0 Å². The molecular formula is C26H27F2N5O2. The third-order valence-electron chi connectivity index (χ3n) is 6.65. The molecule has 9 heteroatoms. The van der Waals surface area contributed by atoms with Crippen LogP contribution in [0.2, 0.25) is 0 Å². The molecule has 1 N–H and O–H groups in total. The molecule has 2 aromatic carbocycles. The Hall–Kier alpha value is -3.88. The molecule has 1 amide bonds. The lowest BCUT2D eigenvalue weighted by Crippen LogP contribution is -2.25. The molecule has 1 aliphatic heterocycles. The van der Waals surface area contributed by atoms with Gasteiger partial charge in [-0.25, -0.2) is 8.78 Å². The van der Waals surface area contributed by atoms with Gasteiger partial charge in [-0.1, -0.05) is 0 Å². The molecule has 0 unspecified atom stereocenters. The van der Waals surface area contributed by atoms with Crippen LogP contribution in [-0.4, -0.2) is 41.0 Å². The lowest BCUT2D eigenvalue weighted by molar-refractivity contribution is 0.0964. The van der Waals surface area contributed by atoms with E-state index in [0.29, 0.717) is 29.0 Å². The van der Waals surface area contributed by atoms with Crippen LogP contribution in [0.1, 0.15) is 34.3 Å². The Morgan fingerprint density at radius 2 is 1.97 bits per heavy atom. The van der Waals surface area contributed by atoms with E-state index in [1.54, 1.807) is 50.5 Å². The zero-order valence-electron chi connectivity index (χ0n) is 20.1. The summed E-state index contributed by atoms with van der Waals surface area (Å²) < 4.78 is 37.6. The van der Waals surface area contributed by atoms with Crippen molar-refractivity contribution >= 4 is 28.2 Å². The number of methoxy groups -OCH3 is 1. The second kappa shape index (κ2) is 8.72.